The van der Waals surface area contributed by atoms with Crippen molar-refractivity contribution in [1.82, 2.24) is 9.88 Å². The number of nitrogens with zero attached hydrogens (tertiary/aromatic N) is 1. The van der Waals surface area contributed by atoms with Crippen LogP contribution in [-0.2, 0) is 21.2 Å². The number of nitrogens with one attached hydrogen (secondary N) is 1. The van der Waals surface area contributed by atoms with Crippen LogP contribution in [0, 0.1) is 13.8 Å². The van der Waals surface area contributed by atoms with Crippen LogP contribution in [0.25, 0.3) is 0 Å². The molecule has 0 radical (unpaired) electrons. The molecule has 1 aromatic heterocycles. The van der Waals surface area contributed by atoms with Gasteiger partial charge in [0.1, 0.15) is 5.76 Å². The van der Waals surface area contributed by atoms with Crippen molar-refractivity contribution in [2.24, 2.45) is 0 Å². The monoisotopic (exact) mass is 372 g/mol. The molecule has 24 heavy (non-hydrogen) atoms. The normalized spacial score (nSPS) is 11.5. The van der Waals surface area contributed by atoms with Gasteiger partial charge in [0, 0.05) is 12.1 Å². The molecule has 0 saturated heterocycles. The Hall–Kier alpha value is -1.90. The highest BCUT2D eigenvalue weighted by Gasteiger charge is 2.18. The summed E-state index contributed by atoms with van der Waals surface area (Å²) >= 11 is 5.95. The Labute approximate surface area is 145 Å². The van der Waals surface area contributed by atoms with Crippen LogP contribution in [0.3, 0.4) is 0 Å². The molecule has 0 bridgehead atoms. The van der Waals surface area contributed by atoms with E-state index < -0.39 is 16.0 Å². The number of esters is 1. The van der Waals surface area contributed by atoms with Gasteiger partial charge in [-0.15, -0.1) is 0 Å². The molecular formula is C15H17ClN2O5S. The zero-order chi connectivity index (χ0) is 17.9. The second kappa shape index (κ2) is 7.33. The van der Waals surface area contributed by atoms with Crippen LogP contribution in [-0.4, -0.2) is 33.2 Å². The number of methoxy groups -OCH3 is 1. The fraction of sp³-hybridized carbons (Fsp3) is 0.333. The summed E-state index contributed by atoms with van der Waals surface area (Å²) in [6.45, 7) is 3.75. The van der Waals surface area contributed by atoms with Crippen molar-refractivity contribution in [1.29, 1.82) is 0 Å². The first-order valence-corrected chi connectivity index (χ1v) is 8.91. The van der Waals surface area contributed by atoms with E-state index in [-0.39, 0.29) is 22.0 Å². The first-order chi connectivity index (χ1) is 11.3. The second-order valence-corrected chi connectivity index (χ2v) is 7.26. The van der Waals surface area contributed by atoms with Crippen LogP contribution in [0.5, 0.6) is 0 Å². The van der Waals surface area contributed by atoms with E-state index in [9.17, 15) is 13.2 Å². The average molecular weight is 373 g/mol. The molecule has 0 amide bonds. The standard InChI is InChI=1S/C15H17ClN2O5S/c1-9-12(10(2)23-18-9)6-7-17-24(20,21)11-4-5-13(14(16)8-11)15(19)22-3/h4-5,8,17H,6-7H2,1-3H3. The summed E-state index contributed by atoms with van der Waals surface area (Å²) in [7, 11) is -2.53. The van der Waals surface area contributed by atoms with Crippen LogP contribution in [0.2, 0.25) is 5.02 Å². The van der Waals surface area contributed by atoms with E-state index in [1.165, 1.54) is 25.3 Å². The van der Waals surface area contributed by atoms with Crippen LogP contribution in [0.4, 0.5) is 0 Å². The second-order valence-electron chi connectivity index (χ2n) is 5.08. The number of rotatable bonds is 6. The molecule has 1 aromatic carbocycles. The van der Waals surface area contributed by atoms with Crippen molar-refractivity contribution in [3.05, 3.63) is 45.8 Å². The van der Waals surface area contributed by atoms with E-state index in [1.54, 1.807) is 13.8 Å². The number of hydrogen-bond donors (Lipinski definition) is 1. The van der Waals surface area contributed by atoms with E-state index in [2.05, 4.69) is 14.6 Å². The Balaban J connectivity index is 2.10. The molecule has 2 rings (SSSR count). The summed E-state index contributed by atoms with van der Waals surface area (Å²) in [5, 5.41) is 3.83. The number of ether oxygens (including phenoxy) is 1. The van der Waals surface area contributed by atoms with Gasteiger partial charge in [-0.25, -0.2) is 17.9 Å². The highest BCUT2D eigenvalue weighted by molar-refractivity contribution is 7.89. The molecule has 7 nitrogen and oxygen atoms in total. The molecule has 2 aromatic rings. The molecular weight excluding hydrogens is 356 g/mol. The molecule has 0 unspecified atom stereocenters. The molecule has 0 aliphatic carbocycles. The third-order valence-corrected chi connectivity index (χ3v) is 5.28. The van der Waals surface area contributed by atoms with Crippen molar-refractivity contribution in [3.63, 3.8) is 0 Å². The van der Waals surface area contributed by atoms with Crippen molar-refractivity contribution in [2.45, 2.75) is 25.2 Å². The van der Waals surface area contributed by atoms with Gasteiger partial charge in [-0.1, -0.05) is 16.8 Å². The molecule has 9 heteroatoms. The Morgan fingerprint density at radius 3 is 2.62 bits per heavy atom. The van der Waals surface area contributed by atoms with Gasteiger partial charge in [0.05, 0.1) is 28.3 Å². The minimum Gasteiger partial charge on any atom is -0.465 e. The Morgan fingerprint density at radius 1 is 1.38 bits per heavy atom. The summed E-state index contributed by atoms with van der Waals surface area (Å²) in [6, 6.07) is 3.83. The topological polar surface area (TPSA) is 98.5 Å². The largest absolute Gasteiger partial charge is 0.465 e. The Kier molecular flexibility index (Phi) is 5.63. The van der Waals surface area contributed by atoms with Gasteiger partial charge < -0.3 is 9.26 Å². The predicted octanol–water partition coefficient (Wildman–Crippen LogP) is 2.25. The van der Waals surface area contributed by atoms with Gasteiger partial charge in [0.2, 0.25) is 10.0 Å². The van der Waals surface area contributed by atoms with E-state index in [1.807, 2.05) is 0 Å². The van der Waals surface area contributed by atoms with Crippen LogP contribution in [0.15, 0.2) is 27.6 Å². The smallest absolute Gasteiger partial charge is 0.339 e. The van der Waals surface area contributed by atoms with Crippen LogP contribution in [0.1, 0.15) is 27.4 Å². The van der Waals surface area contributed by atoms with E-state index in [0.29, 0.717) is 12.2 Å². The lowest BCUT2D eigenvalue weighted by Crippen LogP contribution is -2.26. The molecule has 0 spiro atoms. The summed E-state index contributed by atoms with van der Waals surface area (Å²) in [5.74, 6) is 0.0347. The summed E-state index contributed by atoms with van der Waals surface area (Å²) in [5.41, 5.74) is 1.71. The first kappa shape index (κ1) is 18.4. The fourth-order valence-electron chi connectivity index (χ4n) is 2.19. The third kappa shape index (κ3) is 3.95. The lowest BCUT2D eigenvalue weighted by Gasteiger charge is -2.08. The number of benzene rings is 1. The number of carbonyl (C=O) groups is 1. The quantitative estimate of drug-likeness (QED) is 0.781. The highest BCUT2D eigenvalue weighted by atomic mass is 35.5. The molecule has 0 aliphatic heterocycles. The van der Waals surface area contributed by atoms with Gasteiger partial charge in [-0.2, -0.15) is 0 Å². The molecule has 1 heterocycles. The average Bonchev–Trinajstić information content (AvgIpc) is 2.85. The minimum absolute atomic E-state index is 0.00967. The van der Waals surface area contributed by atoms with Gasteiger partial charge in [0.15, 0.2) is 0 Å². The predicted molar refractivity (Wildman–Crippen MR) is 87.7 cm³/mol. The zero-order valence-corrected chi connectivity index (χ0v) is 15.0. The number of aryl methyl sites for hydroxylation is 2. The molecule has 0 atom stereocenters. The fourth-order valence-corrected chi connectivity index (χ4v) is 3.57. The zero-order valence-electron chi connectivity index (χ0n) is 13.4. The van der Waals surface area contributed by atoms with Crippen molar-refractivity contribution < 1.29 is 22.5 Å². The van der Waals surface area contributed by atoms with Crippen LogP contribution >= 0.6 is 11.6 Å². The van der Waals surface area contributed by atoms with Gasteiger partial charge >= 0.3 is 5.97 Å². The van der Waals surface area contributed by atoms with Crippen molar-refractivity contribution in [3.8, 4) is 0 Å². The third-order valence-electron chi connectivity index (χ3n) is 3.50. The highest BCUT2D eigenvalue weighted by Crippen LogP contribution is 2.21. The van der Waals surface area contributed by atoms with E-state index in [4.69, 9.17) is 16.1 Å². The number of aromatic nitrogens is 1. The number of sulfonamides is 1. The summed E-state index contributed by atoms with van der Waals surface area (Å²) < 4.78 is 36.7. The molecule has 130 valence electrons. The summed E-state index contributed by atoms with van der Waals surface area (Å²) in [6.07, 6.45) is 0.453. The maximum Gasteiger partial charge on any atom is 0.339 e. The number of hydrogen-bond acceptors (Lipinski definition) is 6. The van der Waals surface area contributed by atoms with E-state index in [0.717, 1.165) is 11.3 Å². The lowest BCUT2D eigenvalue weighted by atomic mass is 10.1. The first-order valence-electron chi connectivity index (χ1n) is 7.05. The van der Waals surface area contributed by atoms with Gasteiger partial charge in [-0.3, -0.25) is 0 Å². The lowest BCUT2D eigenvalue weighted by molar-refractivity contribution is 0.0601. The number of carbonyl (C=O) groups excluding carboxylic acids is 1. The van der Waals surface area contributed by atoms with Crippen molar-refractivity contribution >= 4 is 27.6 Å². The minimum atomic E-state index is -3.75. The molecule has 0 aliphatic rings. The maximum absolute atomic E-state index is 12.3. The maximum atomic E-state index is 12.3. The SMILES string of the molecule is COC(=O)c1ccc(S(=O)(=O)NCCc2c(C)noc2C)cc1Cl. The van der Waals surface area contributed by atoms with Gasteiger partial charge in [0.25, 0.3) is 0 Å². The Bertz CT molecular complexity index is 841. The van der Waals surface area contributed by atoms with Crippen LogP contribution < -0.4 is 4.72 Å². The Morgan fingerprint density at radius 2 is 2.08 bits per heavy atom. The number of halogens is 1. The van der Waals surface area contributed by atoms with Crippen molar-refractivity contribution in [2.75, 3.05) is 13.7 Å². The molecule has 0 saturated carbocycles. The molecule has 0 fully saturated rings. The molecule has 1 N–H and O–H groups in total. The van der Waals surface area contributed by atoms with E-state index >= 15 is 0 Å². The summed E-state index contributed by atoms with van der Waals surface area (Å²) in [4.78, 5) is 11.4. The van der Waals surface area contributed by atoms with Gasteiger partial charge in [-0.05, 0) is 38.5 Å².